The van der Waals surface area contributed by atoms with Crippen LogP contribution in [0, 0.1) is 0 Å². The zero-order valence-corrected chi connectivity index (χ0v) is 25.0. The van der Waals surface area contributed by atoms with Crippen molar-refractivity contribution in [1.29, 1.82) is 0 Å². The van der Waals surface area contributed by atoms with E-state index in [0.717, 1.165) is 46.8 Å². The first-order valence-corrected chi connectivity index (χ1v) is 14.2. The molecule has 0 spiro atoms. The molecule has 11 heteroatoms. The Labute approximate surface area is 247 Å². The van der Waals surface area contributed by atoms with E-state index >= 15 is 0 Å². The van der Waals surface area contributed by atoms with Gasteiger partial charge >= 0.3 is 6.09 Å². The fourth-order valence-electron chi connectivity index (χ4n) is 5.24. The van der Waals surface area contributed by atoms with Crippen molar-refractivity contribution in [2.24, 2.45) is 0 Å². The number of piperidine rings is 1. The lowest BCUT2D eigenvalue weighted by atomic mass is 9.92. The number of likely N-dealkylation sites (tertiary alicyclic amines) is 1. The Morgan fingerprint density at radius 1 is 1.10 bits per heavy atom. The number of imidazole rings is 1. The lowest BCUT2D eigenvalue weighted by molar-refractivity contribution is 0.0338. The summed E-state index contributed by atoms with van der Waals surface area (Å²) < 4.78 is 24.7. The smallest absolute Gasteiger partial charge is 0.410 e. The summed E-state index contributed by atoms with van der Waals surface area (Å²) in [7, 11) is 4.92. The van der Waals surface area contributed by atoms with Gasteiger partial charge in [0.1, 0.15) is 34.1 Å². The molecule has 1 saturated heterocycles. The summed E-state index contributed by atoms with van der Waals surface area (Å²) >= 11 is 3.66. The van der Waals surface area contributed by atoms with Gasteiger partial charge in [-0.2, -0.15) is 0 Å². The van der Waals surface area contributed by atoms with Crippen LogP contribution >= 0.6 is 15.9 Å². The monoisotopic (exact) mass is 623 g/mol. The van der Waals surface area contributed by atoms with E-state index < -0.39 is 0 Å². The van der Waals surface area contributed by atoms with Gasteiger partial charge in [0.2, 0.25) is 0 Å². The van der Waals surface area contributed by atoms with Crippen LogP contribution in [0.2, 0.25) is 0 Å². The summed E-state index contributed by atoms with van der Waals surface area (Å²) in [5.74, 6) is 3.00. The van der Waals surface area contributed by atoms with Crippen LogP contribution in [0.4, 0.5) is 10.6 Å². The summed E-state index contributed by atoms with van der Waals surface area (Å²) in [6, 6.07) is 15.3. The highest BCUT2D eigenvalue weighted by Gasteiger charge is 2.35. The third-order valence-electron chi connectivity index (χ3n) is 7.35. The molecule has 0 saturated carbocycles. The highest BCUT2D eigenvalue weighted by Crippen LogP contribution is 2.35. The fourth-order valence-corrected chi connectivity index (χ4v) is 5.80. The minimum atomic E-state index is -0.349. The Hall–Kier alpha value is -3.83. The van der Waals surface area contributed by atoms with Crippen LogP contribution in [0.1, 0.15) is 35.7 Å². The first kappa shape index (κ1) is 28.7. The maximum atomic E-state index is 13.2. The first-order valence-electron chi connectivity index (χ1n) is 13.5. The van der Waals surface area contributed by atoms with Crippen LogP contribution in [-0.4, -0.2) is 65.9 Å². The Bertz CT molecular complexity index is 1480. The molecule has 2 atom stereocenters. The van der Waals surface area contributed by atoms with Crippen LogP contribution < -0.4 is 14.8 Å². The Kier molecular flexibility index (Phi) is 9.25. The summed E-state index contributed by atoms with van der Waals surface area (Å²) in [5, 5.41) is 3.43. The van der Waals surface area contributed by atoms with Gasteiger partial charge in [-0.05, 0) is 46.5 Å². The second-order valence-electron chi connectivity index (χ2n) is 9.86. The minimum Gasteiger partial charge on any atom is -0.497 e. The Balaban J connectivity index is 1.35. The summed E-state index contributed by atoms with van der Waals surface area (Å²) in [6.07, 6.45) is 4.94. The second kappa shape index (κ2) is 13.2. The van der Waals surface area contributed by atoms with Gasteiger partial charge in [-0.15, -0.1) is 0 Å². The number of fused-ring (bicyclic) bond motifs is 1. The van der Waals surface area contributed by atoms with Crippen molar-refractivity contribution in [3.63, 3.8) is 0 Å². The maximum absolute atomic E-state index is 13.2. The summed E-state index contributed by atoms with van der Waals surface area (Å²) in [4.78, 5) is 24.5. The van der Waals surface area contributed by atoms with Gasteiger partial charge in [0, 0.05) is 50.1 Å². The van der Waals surface area contributed by atoms with E-state index in [2.05, 4.69) is 26.2 Å². The number of aromatic nitrogens is 3. The van der Waals surface area contributed by atoms with E-state index in [0.29, 0.717) is 30.1 Å². The largest absolute Gasteiger partial charge is 0.497 e. The number of ether oxygens (including phenoxy) is 4. The lowest BCUT2D eigenvalue weighted by Gasteiger charge is -2.38. The number of carbonyl (C=O) groups is 1. The topological polar surface area (TPSA) is 99.5 Å². The van der Waals surface area contributed by atoms with Crippen LogP contribution in [-0.2, 0) is 22.6 Å². The predicted molar refractivity (Wildman–Crippen MR) is 159 cm³/mol. The number of benzene rings is 2. The van der Waals surface area contributed by atoms with Gasteiger partial charge in [0.25, 0.3) is 0 Å². The number of amides is 1. The normalized spacial score (nSPS) is 16.9. The van der Waals surface area contributed by atoms with Gasteiger partial charge in [0.15, 0.2) is 5.82 Å². The molecule has 1 fully saturated rings. The predicted octanol–water partition coefficient (Wildman–Crippen LogP) is 5.65. The average molecular weight is 625 g/mol. The molecule has 1 aliphatic rings. The highest BCUT2D eigenvalue weighted by molar-refractivity contribution is 9.10. The van der Waals surface area contributed by atoms with Crippen molar-refractivity contribution in [3.8, 4) is 11.5 Å². The van der Waals surface area contributed by atoms with Crippen molar-refractivity contribution in [2.45, 2.75) is 38.0 Å². The Morgan fingerprint density at radius 3 is 2.68 bits per heavy atom. The van der Waals surface area contributed by atoms with Gasteiger partial charge < -0.3 is 29.2 Å². The average Bonchev–Trinajstić information content (AvgIpc) is 3.36. The molecule has 1 N–H and O–H groups in total. The molecule has 2 unspecified atom stereocenters. The number of nitrogens with one attached hydrogen (secondary N) is 1. The quantitative estimate of drug-likeness (QED) is 0.242. The number of rotatable bonds is 10. The summed E-state index contributed by atoms with van der Waals surface area (Å²) in [5.41, 5.74) is 2.74. The molecular weight excluding hydrogens is 590 g/mol. The molecule has 0 bridgehead atoms. The highest BCUT2D eigenvalue weighted by atomic mass is 79.9. The molecule has 2 aromatic heterocycles. The minimum absolute atomic E-state index is 0.00288. The molecule has 5 rings (SSSR count). The van der Waals surface area contributed by atoms with Crippen LogP contribution in [0.15, 0.2) is 65.5 Å². The van der Waals surface area contributed by atoms with Crippen molar-refractivity contribution in [1.82, 2.24) is 19.3 Å². The van der Waals surface area contributed by atoms with Crippen molar-refractivity contribution in [2.75, 3.05) is 39.8 Å². The molecule has 41 heavy (non-hydrogen) atoms. The number of methoxy groups -OCH3 is 3. The molecule has 1 amide bonds. The van der Waals surface area contributed by atoms with E-state index in [1.165, 1.54) is 0 Å². The van der Waals surface area contributed by atoms with Gasteiger partial charge in [-0.1, -0.05) is 30.3 Å². The van der Waals surface area contributed by atoms with Crippen molar-refractivity contribution < 1.29 is 23.7 Å². The number of halogens is 1. The van der Waals surface area contributed by atoms with E-state index in [-0.39, 0.29) is 24.7 Å². The van der Waals surface area contributed by atoms with E-state index in [9.17, 15) is 4.79 Å². The zero-order valence-electron chi connectivity index (χ0n) is 23.4. The molecule has 216 valence electrons. The third-order valence-corrected chi connectivity index (χ3v) is 7.90. The zero-order chi connectivity index (χ0) is 28.8. The van der Waals surface area contributed by atoms with E-state index in [1.54, 1.807) is 32.4 Å². The molecule has 1 aliphatic heterocycles. The first-order chi connectivity index (χ1) is 20.0. The Morgan fingerprint density at radius 2 is 1.93 bits per heavy atom. The molecule has 2 aromatic carbocycles. The van der Waals surface area contributed by atoms with Gasteiger partial charge in [-0.3, -0.25) is 4.40 Å². The van der Waals surface area contributed by atoms with Crippen LogP contribution in [0.5, 0.6) is 11.5 Å². The van der Waals surface area contributed by atoms with Gasteiger partial charge in [-0.25, -0.2) is 14.8 Å². The van der Waals surface area contributed by atoms with Crippen molar-refractivity contribution in [3.05, 3.63) is 82.5 Å². The molecule has 0 radical (unpaired) electrons. The number of hydrogen-bond donors (Lipinski definition) is 1. The van der Waals surface area contributed by atoms with E-state index in [1.807, 2.05) is 59.1 Å². The maximum Gasteiger partial charge on any atom is 0.410 e. The van der Waals surface area contributed by atoms with Crippen LogP contribution in [0.25, 0.3) is 5.52 Å². The summed E-state index contributed by atoms with van der Waals surface area (Å²) in [6.45, 7) is 1.64. The number of hydrogen-bond acceptors (Lipinski definition) is 8. The van der Waals surface area contributed by atoms with E-state index in [4.69, 9.17) is 23.9 Å². The molecule has 4 aromatic rings. The standard InChI is InChI=1S/C30H34BrN5O5/c1-38-19-23-11-9-22(17-36(23)30(37)41-18-20-7-5-4-6-8-20)29-34-27(31)26-28(32-13-14-35(26)29)33-16-21-10-12-24(39-2)15-25(21)40-3/h4-8,10,12-15,22-23H,9,11,16-19H2,1-3H3,(H,32,33). The molecule has 3 heterocycles. The second-order valence-corrected chi connectivity index (χ2v) is 10.6. The third kappa shape index (κ3) is 6.41. The number of nitrogens with zero attached hydrogens (tertiary/aromatic N) is 4. The SMILES string of the molecule is COCC1CCC(c2nc(Br)c3c(NCc4ccc(OC)cc4OC)nccn23)CN1C(=O)OCc1ccccc1. The molecule has 10 nitrogen and oxygen atoms in total. The molecule has 0 aliphatic carbocycles. The fraction of sp³-hybridized carbons (Fsp3) is 0.367. The number of carbonyl (C=O) groups excluding carboxylic acids is 1. The molecular formula is C30H34BrN5O5. The van der Waals surface area contributed by atoms with Crippen LogP contribution in [0.3, 0.4) is 0 Å². The van der Waals surface area contributed by atoms with Crippen molar-refractivity contribution >= 4 is 33.4 Å². The lowest BCUT2D eigenvalue weighted by Crippen LogP contribution is -2.48. The van der Waals surface area contributed by atoms with Gasteiger partial charge in [0.05, 0.1) is 26.9 Å². The number of anilines is 1.